The van der Waals surface area contributed by atoms with Crippen LogP contribution >= 0.6 is 0 Å². The zero-order chi connectivity index (χ0) is 17.1. The average molecular weight is 308 g/mol. The lowest BCUT2D eigenvalue weighted by molar-refractivity contribution is 0.0811. The fraction of sp³-hybridized carbons (Fsp3) is 0.684. The number of benzene rings is 1. The molecule has 3 nitrogen and oxygen atoms in total. The molecule has 0 amide bonds. The van der Waals surface area contributed by atoms with Crippen molar-refractivity contribution in [3.63, 3.8) is 0 Å². The van der Waals surface area contributed by atoms with Crippen LogP contribution < -0.4 is 4.74 Å². The summed E-state index contributed by atoms with van der Waals surface area (Å²) in [6.07, 6.45) is 0. The number of rotatable bonds is 5. The van der Waals surface area contributed by atoms with Gasteiger partial charge in [-0.3, -0.25) is 0 Å². The lowest BCUT2D eigenvalue weighted by Gasteiger charge is -2.32. The molecule has 0 aliphatic rings. The van der Waals surface area contributed by atoms with Gasteiger partial charge in [-0.05, 0) is 34.9 Å². The molecule has 22 heavy (non-hydrogen) atoms. The summed E-state index contributed by atoms with van der Waals surface area (Å²) in [6.45, 7) is 16.3. The highest BCUT2D eigenvalue weighted by molar-refractivity contribution is 5.55. The third-order valence-electron chi connectivity index (χ3n) is 3.90. The Hall–Kier alpha value is -1.06. The van der Waals surface area contributed by atoms with Gasteiger partial charge in [0.1, 0.15) is 5.75 Å². The smallest absolute Gasteiger partial charge is 0.126 e. The van der Waals surface area contributed by atoms with Crippen LogP contribution in [-0.4, -0.2) is 25.4 Å². The maximum atomic E-state index is 8.92. The molecule has 0 heterocycles. The summed E-state index contributed by atoms with van der Waals surface area (Å²) in [7, 11) is 1.75. The van der Waals surface area contributed by atoms with E-state index in [0.29, 0.717) is 13.2 Å². The van der Waals surface area contributed by atoms with Crippen LogP contribution in [0, 0.1) is 6.92 Å². The maximum Gasteiger partial charge on any atom is 0.126 e. The summed E-state index contributed by atoms with van der Waals surface area (Å²) in [5.74, 6) is 0.989. The van der Waals surface area contributed by atoms with Gasteiger partial charge < -0.3 is 14.6 Å². The molecule has 0 saturated carbocycles. The molecule has 126 valence electrons. The molecular weight excluding hydrogens is 276 g/mol. The summed E-state index contributed by atoms with van der Waals surface area (Å²) >= 11 is 0. The van der Waals surface area contributed by atoms with E-state index in [4.69, 9.17) is 14.6 Å². The molecule has 1 aromatic carbocycles. The van der Waals surface area contributed by atoms with Gasteiger partial charge in [0.05, 0.1) is 26.9 Å². The zero-order valence-corrected chi connectivity index (χ0v) is 15.5. The van der Waals surface area contributed by atoms with Crippen molar-refractivity contribution in [2.75, 3.05) is 20.3 Å². The van der Waals surface area contributed by atoms with E-state index >= 15 is 0 Å². The molecule has 0 aliphatic heterocycles. The van der Waals surface area contributed by atoms with Crippen LogP contribution in [0.1, 0.15) is 63.8 Å². The van der Waals surface area contributed by atoms with Crippen molar-refractivity contribution in [1.82, 2.24) is 0 Å². The molecule has 0 saturated heterocycles. The zero-order valence-electron chi connectivity index (χ0n) is 15.5. The van der Waals surface area contributed by atoms with Crippen LogP contribution in [0.15, 0.2) is 6.07 Å². The summed E-state index contributed by atoms with van der Waals surface area (Å²) in [4.78, 5) is 0. The molecule has 1 rings (SSSR count). The van der Waals surface area contributed by atoms with Crippen LogP contribution in [-0.2, 0) is 22.2 Å². The minimum absolute atomic E-state index is 0.00915. The number of methoxy groups -OCH3 is 1. The van der Waals surface area contributed by atoms with Crippen molar-refractivity contribution in [3.8, 4) is 5.75 Å². The van der Waals surface area contributed by atoms with Gasteiger partial charge >= 0.3 is 0 Å². The second kappa shape index (κ2) is 7.01. The SMILES string of the molecule is COc1c(C(C)(C)C)cc(COCCO)c(C)c1C(C)(C)C. The molecule has 0 atom stereocenters. The van der Waals surface area contributed by atoms with Crippen molar-refractivity contribution in [1.29, 1.82) is 0 Å². The van der Waals surface area contributed by atoms with Crippen LogP contribution in [0.25, 0.3) is 0 Å². The molecule has 0 bridgehead atoms. The number of hydrogen-bond acceptors (Lipinski definition) is 3. The minimum atomic E-state index is -0.0115. The van der Waals surface area contributed by atoms with Gasteiger partial charge in [-0.2, -0.15) is 0 Å². The lowest BCUT2D eigenvalue weighted by atomic mass is 9.76. The second-order valence-electron chi connectivity index (χ2n) is 7.89. The van der Waals surface area contributed by atoms with Crippen LogP contribution in [0.3, 0.4) is 0 Å². The predicted octanol–water partition coefficient (Wildman–Crippen LogP) is 4.11. The van der Waals surface area contributed by atoms with E-state index in [9.17, 15) is 0 Å². The van der Waals surface area contributed by atoms with Gasteiger partial charge in [0.25, 0.3) is 0 Å². The first kappa shape index (κ1) is 19.0. The van der Waals surface area contributed by atoms with Crippen molar-refractivity contribution < 1.29 is 14.6 Å². The van der Waals surface area contributed by atoms with E-state index in [-0.39, 0.29) is 17.4 Å². The van der Waals surface area contributed by atoms with Crippen LogP contribution in [0.4, 0.5) is 0 Å². The summed E-state index contributed by atoms with van der Waals surface area (Å²) in [5.41, 5.74) is 4.81. The molecule has 0 aliphatic carbocycles. The predicted molar refractivity (Wildman–Crippen MR) is 91.9 cm³/mol. The fourth-order valence-corrected chi connectivity index (χ4v) is 2.88. The Morgan fingerprint density at radius 2 is 1.64 bits per heavy atom. The number of aliphatic hydroxyl groups is 1. The monoisotopic (exact) mass is 308 g/mol. The Morgan fingerprint density at radius 3 is 2.05 bits per heavy atom. The lowest BCUT2D eigenvalue weighted by Crippen LogP contribution is -2.22. The van der Waals surface area contributed by atoms with Gasteiger partial charge in [0.2, 0.25) is 0 Å². The number of ether oxygens (including phenoxy) is 2. The fourth-order valence-electron chi connectivity index (χ4n) is 2.88. The largest absolute Gasteiger partial charge is 0.496 e. The van der Waals surface area contributed by atoms with E-state index in [1.807, 2.05) is 0 Å². The molecule has 0 fully saturated rings. The molecule has 0 unspecified atom stereocenters. The minimum Gasteiger partial charge on any atom is -0.496 e. The Labute approximate surface area is 135 Å². The van der Waals surface area contributed by atoms with Gasteiger partial charge in [-0.15, -0.1) is 0 Å². The van der Waals surface area contributed by atoms with Crippen LogP contribution in [0.5, 0.6) is 5.75 Å². The van der Waals surface area contributed by atoms with E-state index in [2.05, 4.69) is 54.5 Å². The topological polar surface area (TPSA) is 38.7 Å². The van der Waals surface area contributed by atoms with Crippen LogP contribution in [0.2, 0.25) is 0 Å². The standard InChI is InChI=1S/C19H32O3/c1-13-14(12-22-10-9-20)11-15(18(2,3)4)17(21-8)16(13)19(5,6)7/h11,20H,9-10,12H2,1-8H3. The van der Waals surface area contributed by atoms with Crippen molar-refractivity contribution in [2.45, 2.75) is 65.9 Å². The first-order chi connectivity index (χ1) is 10.0. The van der Waals surface area contributed by atoms with Gasteiger partial charge in [-0.1, -0.05) is 41.5 Å². The molecule has 3 heteroatoms. The van der Waals surface area contributed by atoms with Gasteiger partial charge in [0.15, 0.2) is 0 Å². The van der Waals surface area contributed by atoms with E-state index < -0.39 is 0 Å². The Morgan fingerprint density at radius 1 is 1.05 bits per heavy atom. The van der Waals surface area contributed by atoms with E-state index in [0.717, 1.165) is 5.75 Å². The van der Waals surface area contributed by atoms with E-state index in [1.54, 1.807) is 7.11 Å². The van der Waals surface area contributed by atoms with E-state index in [1.165, 1.54) is 22.3 Å². The van der Waals surface area contributed by atoms with Crippen molar-refractivity contribution >= 4 is 0 Å². The van der Waals surface area contributed by atoms with Gasteiger partial charge in [-0.25, -0.2) is 0 Å². The Balaban J connectivity index is 3.55. The molecule has 0 aromatic heterocycles. The summed E-state index contributed by atoms with van der Waals surface area (Å²) < 4.78 is 11.4. The summed E-state index contributed by atoms with van der Waals surface area (Å²) in [6, 6.07) is 2.20. The molecule has 0 spiro atoms. The quantitative estimate of drug-likeness (QED) is 0.832. The maximum absolute atomic E-state index is 8.92. The molecular formula is C19H32O3. The number of aliphatic hydroxyl groups excluding tert-OH is 1. The molecule has 0 radical (unpaired) electrons. The highest BCUT2D eigenvalue weighted by Crippen LogP contribution is 2.43. The average Bonchev–Trinajstić information content (AvgIpc) is 2.37. The Kier molecular flexibility index (Phi) is 6.05. The third kappa shape index (κ3) is 4.23. The highest BCUT2D eigenvalue weighted by atomic mass is 16.5. The number of hydrogen-bond donors (Lipinski definition) is 1. The van der Waals surface area contributed by atoms with Crippen molar-refractivity contribution in [2.24, 2.45) is 0 Å². The second-order valence-corrected chi connectivity index (χ2v) is 7.89. The Bertz CT molecular complexity index is 505. The van der Waals surface area contributed by atoms with Crippen molar-refractivity contribution in [3.05, 3.63) is 28.3 Å². The first-order valence-corrected chi connectivity index (χ1v) is 7.94. The molecule has 1 N–H and O–H groups in total. The first-order valence-electron chi connectivity index (χ1n) is 7.94. The summed E-state index contributed by atoms with van der Waals surface area (Å²) in [5, 5.41) is 8.92. The highest BCUT2D eigenvalue weighted by Gasteiger charge is 2.29. The van der Waals surface area contributed by atoms with Gasteiger partial charge in [0, 0.05) is 11.1 Å². The third-order valence-corrected chi connectivity index (χ3v) is 3.90. The normalized spacial score (nSPS) is 12.6. The molecule has 1 aromatic rings.